The van der Waals surface area contributed by atoms with Crippen molar-refractivity contribution in [1.29, 1.82) is 0 Å². The van der Waals surface area contributed by atoms with Gasteiger partial charge in [0.1, 0.15) is 5.15 Å². The Balaban J connectivity index is 1.62. The molecule has 2 aromatic heterocycles. The van der Waals surface area contributed by atoms with Gasteiger partial charge in [-0.05, 0) is 44.0 Å². The van der Waals surface area contributed by atoms with E-state index in [-0.39, 0.29) is 0 Å². The van der Waals surface area contributed by atoms with Crippen molar-refractivity contribution in [2.45, 2.75) is 19.9 Å². The molecule has 1 fully saturated rings. The molecule has 3 nitrogen and oxygen atoms in total. The molecule has 1 saturated heterocycles. The highest BCUT2D eigenvalue weighted by Crippen LogP contribution is 2.28. The van der Waals surface area contributed by atoms with Crippen LogP contribution >= 0.6 is 22.9 Å². The van der Waals surface area contributed by atoms with Crippen LogP contribution in [-0.2, 0) is 11.3 Å². The lowest BCUT2D eigenvalue weighted by atomic mass is 10.1. The number of hydrogen-bond acceptors (Lipinski definition) is 4. The number of fused-ring (bicyclic) bond motifs is 1. The maximum atomic E-state index is 5.94. The average Bonchev–Trinajstić information content (AvgIpc) is 3.02. The molecule has 0 unspecified atom stereocenters. The lowest BCUT2D eigenvalue weighted by Gasteiger charge is -2.14. The Kier molecular flexibility index (Phi) is 4.56. The number of hydrogen-bond donors (Lipinski definition) is 0. The van der Waals surface area contributed by atoms with Crippen LogP contribution in [0.4, 0.5) is 0 Å². The predicted molar refractivity (Wildman–Crippen MR) is 84.5 cm³/mol. The third kappa shape index (κ3) is 3.31. The van der Waals surface area contributed by atoms with Gasteiger partial charge < -0.3 is 4.74 Å². The van der Waals surface area contributed by atoms with Gasteiger partial charge in [-0.2, -0.15) is 0 Å². The SMILES string of the molecule is CCOC[C@@H]1CCN(Cc2cc3nc(Cl)ccc3s2)C1. The Labute approximate surface area is 128 Å². The maximum Gasteiger partial charge on any atom is 0.129 e. The van der Waals surface area contributed by atoms with Crippen molar-refractivity contribution in [3.8, 4) is 0 Å². The Bertz CT molecular complexity index is 586. The van der Waals surface area contributed by atoms with E-state index in [2.05, 4.69) is 28.9 Å². The van der Waals surface area contributed by atoms with Gasteiger partial charge in [-0.25, -0.2) is 4.98 Å². The molecule has 0 amide bonds. The van der Waals surface area contributed by atoms with E-state index in [9.17, 15) is 0 Å². The average molecular weight is 311 g/mol. The molecule has 5 heteroatoms. The molecule has 20 heavy (non-hydrogen) atoms. The van der Waals surface area contributed by atoms with E-state index in [1.54, 1.807) is 0 Å². The summed E-state index contributed by atoms with van der Waals surface area (Å²) in [6.45, 7) is 7.10. The van der Waals surface area contributed by atoms with Gasteiger partial charge in [0, 0.05) is 24.6 Å². The zero-order chi connectivity index (χ0) is 13.9. The minimum absolute atomic E-state index is 0.569. The molecule has 1 aliphatic heterocycles. The summed E-state index contributed by atoms with van der Waals surface area (Å²) in [5, 5.41) is 0.569. The monoisotopic (exact) mass is 310 g/mol. The zero-order valence-electron chi connectivity index (χ0n) is 11.6. The molecule has 0 radical (unpaired) electrons. The van der Waals surface area contributed by atoms with Crippen molar-refractivity contribution < 1.29 is 4.74 Å². The standard InChI is InChI=1S/C15H19ClN2OS/c1-2-19-10-11-5-6-18(8-11)9-12-7-13-14(20-12)3-4-15(16)17-13/h3-4,7,11H,2,5-6,8-10H2,1H3/t11-/m1/s1. The first kappa shape index (κ1) is 14.3. The van der Waals surface area contributed by atoms with Crippen LogP contribution in [0.3, 0.4) is 0 Å². The molecule has 108 valence electrons. The summed E-state index contributed by atoms with van der Waals surface area (Å²) >= 11 is 7.75. The van der Waals surface area contributed by atoms with E-state index in [0.29, 0.717) is 11.1 Å². The molecule has 0 bridgehead atoms. The minimum Gasteiger partial charge on any atom is -0.381 e. The second kappa shape index (κ2) is 6.39. The van der Waals surface area contributed by atoms with Crippen molar-refractivity contribution in [3.63, 3.8) is 0 Å². The van der Waals surface area contributed by atoms with Crippen LogP contribution in [0.15, 0.2) is 18.2 Å². The van der Waals surface area contributed by atoms with Crippen molar-refractivity contribution in [3.05, 3.63) is 28.2 Å². The number of halogens is 1. The molecule has 1 atom stereocenters. The summed E-state index contributed by atoms with van der Waals surface area (Å²) in [6.07, 6.45) is 1.25. The van der Waals surface area contributed by atoms with E-state index >= 15 is 0 Å². The molecule has 3 rings (SSSR count). The first-order chi connectivity index (χ1) is 9.74. The van der Waals surface area contributed by atoms with Gasteiger partial charge in [-0.1, -0.05) is 11.6 Å². The molecule has 0 N–H and O–H groups in total. The zero-order valence-corrected chi connectivity index (χ0v) is 13.2. The molecular weight excluding hydrogens is 292 g/mol. The van der Waals surface area contributed by atoms with Gasteiger partial charge in [0.05, 0.1) is 16.8 Å². The number of likely N-dealkylation sites (tertiary alicyclic amines) is 1. The van der Waals surface area contributed by atoms with E-state index in [1.165, 1.54) is 22.5 Å². The van der Waals surface area contributed by atoms with Crippen LogP contribution in [0.25, 0.3) is 10.2 Å². The quantitative estimate of drug-likeness (QED) is 0.785. The Hall–Kier alpha value is -0.680. The summed E-state index contributed by atoms with van der Waals surface area (Å²) in [6, 6.07) is 6.08. The van der Waals surface area contributed by atoms with Gasteiger partial charge in [-0.3, -0.25) is 4.90 Å². The van der Waals surface area contributed by atoms with Crippen molar-refractivity contribution in [1.82, 2.24) is 9.88 Å². The molecular formula is C15H19ClN2OS. The van der Waals surface area contributed by atoms with Gasteiger partial charge in [0.2, 0.25) is 0 Å². The van der Waals surface area contributed by atoms with E-state index in [0.717, 1.165) is 31.8 Å². The Morgan fingerprint density at radius 2 is 2.40 bits per heavy atom. The number of aromatic nitrogens is 1. The lowest BCUT2D eigenvalue weighted by Crippen LogP contribution is -2.21. The van der Waals surface area contributed by atoms with E-state index in [1.807, 2.05) is 17.4 Å². The fourth-order valence-electron chi connectivity index (χ4n) is 2.73. The normalized spacial score (nSPS) is 20.0. The fourth-order valence-corrected chi connectivity index (χ4v) is 3.92. The topological polar surface area (TPSA) is 25.4 Å². The first-order valence-electron chi connectivity index (χ1n) is 7.09. The van der Waals surface area contributed by atoms with Crippen LogP contribution in [0.1, 0.15) is 18.2 Å². The largest absolute Gasteiger partial charge is 0.381 e. The third-order valence-corrected chi connectivity index (χ3v) is 4.98. The number of thiophene rings is 1. The minimum atomic E-state index is 0.569. The summed E-state index contributed by atoms with van der Waals surface area (Å²) < 4.78 is 6.75. The second-order valence-electron chi connectivity index (χ2n) is 5.28. The maximum absolute atomic E-state index is 5.94. The summed E-state index contributed by atoms with van der Waals surface area (Å²) in [4.78, 5) is 8.24. The highest BCUT2D eigenvalue weighted by molar-refractivity contribution is 7.19. The molecule has 0 saturated carbocycles. The van der Waals surface area contributed by atoms with Gasteiger partial charge >= 0.3 is 0 Å². The summed E-state index contributed by atoms with van der Waals surface area (Å²) in [7, 11) is 0. The number of ether oxygens (including phenoxy) is 1. The van der Waals surface area contributed by atoms with Crippen LogP contribution in [0, 0.1) is 5.92 Å². The molecule has 0 aromatic carbocycles. The highest BCUT2D eigenvalue weighted by Gasteiger charge is 2.22. The van der Waals surface area contributed by atoms with Crippen molar-refractivity contribution in [2.24, 2.45) is 5.92 Å². The molecule has 1 aliphatic rings. The van der Waals surface area contributed by atoms with E-state index < -0.39 is 0 Å². The van der Waals surface area contributed by atoms with Crippen molar-refractivity contribution in [2.75, 3.05) is 26.3 Å². The summed E-state index contributed by atoms with van der Waals surface area (Å²) in [5.41, 5.74) is 1.02. The Morgan fingerprint density at radius 1 is 1.50 bits per heavy atom. The molecule has 0 aliphatic carbocycles. The Morgan fingerprint density at radius 3 is 3.25 bits per heavy atom. The van der Waals surface area contributed by atoms with Crippen LogP contribution in [0.5, 0.6) is 0 Å². The lowest BCUT2D eigenvalue weighted by molar-refractivity contribution is 0.112. The van der Waals surface area contributed by atoms with Gasteiger partial charge in [0.25, 0.3) is 0 Å². The third-order valence-electron chi connectivity index (χ3n) is 3.70. The van der Waals surface area contributed by atoms with Gasteiger partial charge in [0.15, 0.2) is 0 Å². The van der Waals surface area contributed by atoms with E-state index in [4.69, 9.17) is 16.3 Å². The van der Waals surface area contributed by atoms with Crippen LogP contribution in [0.2, 0.25) is 5.15 Å². The molecule has 3 heterocycles. The second-order valence-corrected chi connectivity index (χ2v) is 6.83. The molecule has 0 spiro atoms. The predicted octanol–water partition coefficient (Wildman–Crippen LogP) is 3.81. The van der Waals surface area contributed by atoms with Crippen LogP contribution < -0.4 is 0 Å². The first-order valence-corrected chi connectivity index (χ1v) is 8.29. The van der Waals surface area contributed by atoms with Crippen molar-refractivity contribution >= 4 is 33.2 Å². The number of rotatable bonds is 5. The smallest absolute Gasteiger partial charge is 0.129 e. The van der Waals surface area contributed by atoms with Gasteiger partial charge in [-0.15, -0.1) is 11.3 Å². The fraction of sp³-hybridized carbons (Fsp3) is 0.533. The molecule has 2 aromatic rings. The number of pyridine rings is 1. The highest BCUT2D eigenvalue weighted by atomic mass is 35.5. The number of nitrogens with zero attached hydrogens (tertiary/aromatic N) is 2. The summed E-state index contributed by atoms with van der Waals surface area (Å²) in [5.74, 6) is 0.692. The van der Waals surface area contributed by atoms with Crippen LogP contribution in [-0.4, -0.2) is 36.2 Å².